The Hall–Kier alpha value is -1.57. The predicted molar refractivity (Wildman–Crippen MR) is 63.7 cm³/mol. The van der Waals surface area contributed by atoms with Gasteiger partial charge in [-0.25, -0.2) is 0 Å². The first-order valence-electron chi connectivity index (χ1n) is 6.34. The zero-order valence-corrected chi connectivity index (χ0v) is 11.0. The molecule has 0 aliphatic heterocycles. The van der Waals surface area contributed by atoms with Crippen LogP contribution in [0.4, 0.5) is 13.2 Å². The Morgan fingerprint density at radius 2 is 2.35 bits per heavy atom. The van der Waals surface area contributed by atoms with Crippen molar-refractivity contribution in [2.75, 3.05) is 6.61 Å². The van der Waals surface area contributed by atoms with Gasteiger partial charge in [0.1, 0.15) is 5.54 Å². The van der Waals surface area contributed by atoms with Crippen LogP contribution in [-0.4, -0.2) is 27.9 Å². The van der Waals surface area contributed by atoms with Crippen LogP contribution in [0.3, 0.4) is 0 Å². The van der Waals surface area contributed by atoms with E-state index in [2.05, 4.69) is 5.10 Å². The molecule has 2 rings (SSSR count). The molecule has 1 aliphatic carbocycles. The first-order valence-corrected chi connectivity index (χ1v) is 6.34. The van der Waals surface area contributed by atoms with Crippen LogP contribution in [0.25, 0.3) is 0 Å². The van der Waals surface area contributed by atoms with Gasteiger partial charge in [0.05, 0.1) is 24.4 Å². The van der Waals surface area contributed by atoms with Gasteiger partial charge in [-0.1, -0.05) is 0 Å². The maximum absolute atomic E-state index is 12.5. The van der Waals surface area contributed by atoms with Crippen LogP contribution in [-0.2, 0) is 15.7 Å². The van der Waals surface area contributed by atoms with Crippen LogP contribution < -0.4 is 5.73 Å². The van der Waals surface area contributed by atoms with Crippen molar-refractivity contribution < 1.29 is 22.7 Å². The summed E-state index contributed by atoms with van der Waals surface area (Å²) in [6.45, 7) is 1.90. The minimum Gasteiger partial charge on any atom is -0.465 e. The lowest BCUT2D eigenvalue weighted by Gasteiger charge is -2.21. The standard InChI is InChI=1S/C12H16F3N3O2/c1-2-20-10(19)11(16)4-3-9(5-11)18-7-8(6-17-18)12(13,14)15/h6-7,9H,2-5,16H2,1H3. The van der Waals surface area contributed by atoms with Crippen LogP contribution in [0.5, 0.6) is 0 Å². The summed E-state index contributed by atoms with van der Waals surface area (Å²) in [5.74, 6) is -0.509. The summed E-state index contributed by atoms with van der Waals surface area (Å²) in [5, 5.41) is 3.72. The van der Waals surface area contributed by atoms with E-state index >= 15 is 0 Å². The number of ether oxygens (including phenoxy) is 1. The van der Waals surface area contributed by atoms with Crippen molar-refractivity contribution >= 4 is 5.97 Å². The van der Waals surface area contributed by atoms with Gasteiger partial charge in [-0.15, -0.1) is 0 Å². The lowest BCUT2D eigenvalue weighted by molar-refractivity contribution is -0.149. The largest absolute Gasteiger partial charge is 0.465 e. The van der Waals surface area contributed by atoms with E-state index in [0.29, 0.717) is 12.8 Å². The molecule has 0 bridgehead atoms. The topological polar surface area (TPSA) is 70.1 Å². The van der Waals surface area contributed by atoms with Crippen molar-refractivity contribution in [1.29, 1.82) is 0 Å². The molecule has 0 spiro atoms. The summed E-state index contributed by atoms with van der Waals surface area (Å²) in [6, 6.07) is -0.319. The molecule has 0 saturated heterocycles. The Morgan fingerprint density at radius 3 is 2.90 bits per heavy atom. The summed E-state index contributed by atoms with van der Waals surface area (Å²) in [6.07, 6.45) is -1.60. The number of aromatic nitrogens is 2. The highest BCUT2D eigenvalue weighted by atomic mass is 19.4. The summed E-state index contributed by atoms with van der Waals surface area (Å²) in [5.41, 5.74) is 4.03. The molecule has 1 aromatic rings. The van der Waals surface area contributed by atoms with Crippen molar-refractivity contribution in [3.05, 3.63) is 18.0 Å². The van der Waals surface area contributed by atoms with Gasteiger partial charge in [-0.2, -0.15) is 18.3 Å². The number of hydrogen-bond donors (Lipinski definition) is 1. The zero-order valence-electron chi connectivity index (χ0n) is 11.0. The molecule has 1 fully saturated rings. The van der Waals surface area contributed by atoms with Crippen molar-refractivity contribution in [2.45, 2.75) is 43.9 Å². The minimum atomic E-state index is -4.42. The third kappa shape index (κ3) is 2.79. The van der Waals surface area contributed by atoms with E-state index in [1.807, 2.05) is 0 Å². The third-order valence-corrected chi connectivity index (χ3v) is 3.51. The SMILES string of the molecule is CCOC(=O)C1(N)CCC(n2cc(C(F)(F)F)cn2)C1. The molecule has 1 saturated carbocycles. The predicted octanol–water partition coefficient (Wildman–Crippen LogP) is 1.89. The molecule has 0 amide bonds. The van der Waals surface area contributed by atoms with Crippen LogP contribution in [0.2, 0.25) is 0 Å². The highest BCUT2D eigenvalue weighted by Gasteiger charge is 2.44. The molecule has 20 heavy (non-hydrogen) atoms. The number of nitrogens with two attached hydrogens (primary N) is 1. The lowest BCUT2D eigenvalue weighted by atomic mass is 9.99. The molecular formula is C12H16F3N3O2. The van der Waals surface area contributed by atoms with Crippen molar-refractivity contribution in [3.63, 3.8) is 0 Å². The van der Waals surface area contributed by atoms with E-state index in [0.717, 1.165) is 12.4 Å². The highest BCUT2D eigenvalue weighted by molar-refractivity contribution is 5.81. The second-order valence-electron chi connectivity index (χ2n) is 4.98. The molecule has 1 aliphatic rings. The van der Waals surface area contributed by atoms with E-state index in [1.54, 1.807) is 6.92 Å². The Morgan fingerprint density at radius 1 is 1.65 bits per heavy atom. The summed E-state index contributed by atoms with van der Waals surface area (Å²) >= 11 is 0. The van der Waals surface area contributed by atoms with Crippen LogP contribution in [0.1, 0.15) is 37.8 Å². The van der Waals surface area contributed by atoms with E-state index in [1.165, 1.54) is 4.68 Å². The van der Waals surface area contributed by atoms with Gasteiger partial charge in [0.2, 0.25) is 0 Å². The van der Waals surface area contributed by atoms with E-state index < -0.39 is 23.2 Å². The Balaban J connectivity index is 2.10. The second-order valence-corrected chi connectivity index (χ2v) is 4.98. The maximum Gasteiger partial charge on any atom is 0.419 e. The molecule has 2 unspecified atom stereocenters. The normalized spacial score (nSPS) is 26.8. The van der Waals surface area contributed by atoms with E-state index in [4.69, 9.17) is 10.5 Å². The van der Waals surface area contributed by atoms with Crippen molar-refractivity contribution in [2.24, 2.45) is 5.73 Å². The van der Waals surface area contributed by atoms with Gasteiger partial charge >= 0.3 is 12.1 Å². The number of nitrogens with zero attached hydrogens (tertiary/aromatic N) is 2. The number of rotatable bonds is 3. The van der Waals surface area contributed by atoms with Crippen LogP contribution >= 0.6 is 0 Å². The zero-order chi connectivity index (χ0) is 15.0. The monoisotopic (exact) mass is 291 g/mol. The fourth-order valence-electron chi connectivity index (χ4n) is 2.42. The Bertz CT molecular complexity index is 500. The molecular weight excluding hydrogens is 275 g/mol. The van der Waals surface area contributed by atoms with Gasteiger partial charge in [-0.3, -0.25) is 9.48 Å². The molecule has 2 atom stereocenters. The minimum absolute atomic E-state index is 0.225. The number of alkyl halides is 3. The van der Waals surface area contributed by atoms with Crippen molar-refractivity contribution in [3.8, 4) is 0 Å². The third-order valence-electron chi connectivity index (χ3n) is 3.51. The van der Waals surface area contributed by atoms with Crippen LogP contribution in [0, 0.1) is 0 Å². The average Bonchev–Trinajstić information content (AvgIpc) is 2.95. The average molecular weight is 291 g/mol. The summed E-state index contributed by atoms with van der Waals surface area (Å²) in [4.78, 5) is 11.8. The molecule has 8 heteroatoms. The molecule has 0 radical (unpaired) electrons. The quantitative estimate of drug-likeness (QED) is 0.863. The number of esters is 1. The summed E-state index contributed by atoms with van der Waals surface area (Å²) < 4.78 is 43.7. The van der Waals surface area contributed by atoms with Crippen molar-refractivity contribution in [1.82, 2.24) is 9.78 Å². The first kappa shape index (κ1) is 14.8. The number of carbonyl (C=O) groups is 1. The Labute approximate surface area is 113 Å². The van der Waals surface area contributed by atoms with E-state index in [-0.39, 0.29) is 19.1 Å². The van der Waals surface area contributed by atoms with Crippen LogP contribution in [0.15, 0.2) is 12.4 Å². The molecule has 2 N–H and O–H groups in total. The van der Waals surface area contributed by atoms with Gasteiger partial charge in [0.25, 0.3) is 0 Å². The van der Waals surface area contributed by atoms with Gasteiger partial charge in [0, 0.05) is 6.20 Å². The molecule has 112 valence electrons. The van der Waals surface area contributed by atoms with Gasteiger partial charge < -0.3 is 10.5 Å². The molecule has 5 nitrogen and oxygen atoms in total. The fourth-order valence-corrected chi connectivity index (χ4v) is 2.42. The molecule has 1 aromatic heterocycles. The lowest BCUT2D eigenvalue weighted by Crippen LogP contribution is -2.46. The number of hydrogen-bond acceptors (Lipinski definition) is 4. The summed E-state index contributed by atoms with van der Waals surface area (Å²) in [7, 11) is 0. The van der Waals surface area contributed by atoms with Gasteiger partial charge in [-0.05, 0) is 26.2 Å². The first-order chi connectivity index (χ1) is 9.26. The Kier molecular flexibility index (Phi) is 3.77. The smallest absolute Gasteiger partial charge is 0.419 e. The van der Waals surface area contributed by atoms with E-state index in [9.17, 15) is 18.0 Å². The number of halogens is 3. The fraction of sp³-hybridized carbons (Fsp3) is 0.667. The molecule has 1 heterocycles. The van der Waals surface area contributed by atoms with Gasteiger partial charge in [0.15, 0.2) is 0 Å². The highest BCUT2D eigenvalue weighted by Crippen LogP contribution is 2.38. The second kappa shape index (κ2) is 5.08. The number of carbonyl (C=O) groups excluding carboxylic acids is 1. The molecule has 0 aromatic carbocycles. The maximum atomic E-state index is 12.5.